The van der Waals surface area contributed by atoms with Gasteiger partial charge in [0.15, 0.2) is 0 Å². The number of rotatable bonds is 8. The Balaban J connectivity index is 1.32. The molecule has 0 spiro atoms. The zero-order chi connectivity index (χ0) is 21.5. The first-order valence-electron chi connectivity index (χ1n) is 11.7. The lowest BCUT2D eigenvalue weighted by atomic mass is 9.83. The number of H-pyrrole nitrogens is 1. The van der Waals surface area contributed by atoms with Gasteiger partial charge >= 0.3 is 0 Å². The van der Waals surface area contributed by atoms with E-state index in [0.29, 0.717) is 11.8 Å². The molecule has 1 aromatic heterocycles. The van der Waals surface area contributed by atoms with E-state index >= 15 is 0 Å². The summed E-state index contributed by atoms with van der Waals surface area (Å²) in [5.74, 6) is 1.53. The maximum atomic E-state index is 13.4. The molecule has 3 aliphatic carbocycles. The standard InChI is InChI=1S/C25H32N4O2/c1-14-21(15(2)29-28-14)16-10-12-20(13-11-16)26-25(31)23(27-24(30)19-4-3-5-19)22(17-6-7-17)18-8-9-18/h10-13,17-19,22-23H,3-9H2,1-2H3,(H,26,31)(H,27,30)(H,28,29)/t23-/m0/s1. The molecule has 3 saturated carbocycles. The first-order valence-corrected chi connectivity index (χ1v) is 11.7. The highest BCUT2D eigenvalue weighted by Crippen LogP contribution is 2.51. The average molecular weight is 421 g/mol. The highest BCUT2D eigenvalue weighted by molar-refractivity contribution is 5.98. The van der Waals surface area contributed by atoms with Crippen LogP contribution in [0.3, 0.4) is 0 Å². The van der Waals surface area contributed by atoms with Crippen molar-refractivity contribution in [2.75, 3.05) is 5.32 Å². The van der Waals surface area contributed by atoms with Crippen molar-refractivity contribution in [3.8, 4) is 11.1 Å². The molecule has 0 bridgehead atoms. The van der Waals surface area contributed by atoms with Gasteiger partial charge in [-0.2, -0.15) is 5.10 Å². The molecule has 0 unspecified atom stereocenters. The molecule has 0 aliphatic heterocycles. The van der Waals surface area contributed by atoms with Gasteiger partial charge in [0, 0.05) is 22.9 Å². The first kappa shape index (κ1) is 20.3. The van der Waals surface area contributed by atoms with Crippen molar-refractivity contribution in [2.45, 2.75) is 64.8 Å². The van der Waals surface area contributed by atoms with Crippen LogP contribution in [0, 0.1) is 37.5 Å². The summed E-state index contributed by atoms with van der Waals surface area (Å²) in [5, 5.41) is 13.5. The van der Waals surface area contributed by atoms with Crippen molar-refractivity contribution in [1.82, 2.24) is 15.5 Å². The Bertz CT molecular complexity index is 936. The van der Waals surface area contributed by atoms with Crippen LogP contribution in [0.4, 0.5) is 5.69 Å². The Hall–Kier alpha value is -2.63. The minimum absolute atomic E-state index is 0.0685. The van der Waals surface area contributed by atoms with Crippen LogP contribution in [0.15, 0.2) is 24.3 Å². The van der Waals surface area contributed by atoms with Crippen molar-refractivity contribution in [3.63, 3.8) is 0 Å². The highest BCUT2D eigenvalue weighted by atomic mass is 16.2. The van der Waals surface area contributed by atoms with Gasteiger partial charge in [0.2, 0.25) is 11.8 Å². The third-order valence-electron chi connectivity index (χ3n) is 7.34. The van der Waals surface area contributed by atoms with Gasteiger partial charge in [0.05, 0.1) is 5.69 Å². The van der Waals surface area contributed by atoms with E-state index in [1.165, 1.54) is 25.7 Å². The van der Waals surface area contributed by atoms with E-state index in [0.717, 1.165) is 47.5 Å². The molecule has 6 nitrogen and oxygen atoms in total. The maximum Gasteiger partial charge on any atom is 0.247 e. The van der Waals surface area contributed by atoms with Gasteiger partial charge in [0.25, 0.3) is 0 Å². The number of hydrogen-bond donors (Lipinski definition) is 3. The van der Waals surface area contributed by atoms with E-state index in [-0.39, 0.29) is 23.7 Å². The van der Waals surface area contributed by atoms with Crippen LogP contribution in [-0.2, 0) is 9.59 Å². The molecule has 3 N–H and O–H groups in total. The molecule has 2 amide bonds. The fraction of sp³-hybridized carbons (Fsp3) is 0.560. The van der Waals surface area contributed by atoms with Crippen molar-refractivity contribution in [1.29, 1.82) is 0 Å². The fourth-order valence-electron chi connectivity index (χ4n) is 5.09. The molecule has 1 atom stereocenters. The summed E-state index contributed by atoms with van der Waals surface area (Å²) in [6.07, 6.45) is 7.75. The summed E-state index contributed by atoms with van der Waals surface area (Å²) < 4.78 is 0. The summed E-state index contributed by atoms with van der Waals surface area (Å²) in [4.78, 5) is 26.1. The topological polar surface area (TPSA) is 86.9 Å². The second-order valence-corrected chi connectivity index (χ2v) is 9.74. The first-order chi connectivity index (χ1) is 15.0. The van der Waals surface area contributed by atoms with Crippen molar-refractivity contribution in [3.05, 3.63) is 35.7 Å². The molecule has 5 rings (SSSR count). The Kier molecular flexibility index (Phi) is 5.32. The number of amides is 2. The third-order valence-corrected chi connectivity index (χ3v) is 7.34. The lowest BCUT2D eigenvalue weighted by Crippen LogP contribution is -2.52. The number of benzene rings is 1. The molecule has 6 heteroatoms. The number of aromatic amines is 1. The second kappa shape index (κ2) is 8.13. The number of hydrogen-bond acceptors (Lipinski definition) is 3. The van der Waals surface area contributed by atoms with E-state index in [1.807, 2.05) is 38.1 Å². The Morgan fingerprint density at radius 1 is 1.00 bits per heavy atom. The summed E-state index contributed by atoms with van der Waals surface area (Å²) >= 11 is 0. The fourth-order valence-corrected chi connectivity index (χ4v) is 5.09. The molecular weight excluding hydrogens is 388 g/mol. The van der Waals surface area contributed by atoms with E-state index in [1.54, 1.807) is 0 Å². The summed E-state index contributed by atoms with van der Waals surface area (Å²) in [6, 6.07) is 7.48. The quantitative estimate of drug-likeness (QED) is 0.593. The van der Waals surface area contributed by atoms with Gasteiger partial charge in [-0.3, -0.25) is 14.7 Å². The molecule has 31 heavy (non-hydrogen) atoms. The molecule has 3 aliphatic rings. The normalized spacial score (nSPS) is 19.7. The van der Waals surface area contributed by atoms with Crippen LogP contribution in [0.1, 0.15) is 56.3 Å². The molecular formula is C25H32N4O2. The minimum Gasteiger partial charge on any atom is -0.344 e. The summed E-state index contributed by atoms with van der Waals surface area (Å²) in [7, 11) is 0. The van der Waals surface area contributed by atoms with Gasteiger partial charge in [0.1, 0.15) is 6.04 Å². The lowest BCUT2D eigenvalue weighted by molar-refractivity contribution is -0.132. The van der Waals surface area contributed by atoms with Crippen LogP contribution in [0.25, 0.3) is 11.1 Å². The Morgan fingerprint density at radius 3 is 2.13 bits per heavy atom. The number of carbonyl (C=O) groups excluding carboxylic acids is 2. The van der Waals surface area contributed by atoms with Gasteiger partial charge in [-0.1, -0.05) is 18.6 Å². The Labute approximate surface area is 183 Å². The van der Waals surface area contributed by atoms with Crippen molar-refractivity contribution < 1.29 is 9.59 Å². The monoisotopic (exact) mass is 420 g/mol. The van der Waals surface area contributed by atoms with Crippen LogP contribution < -0.4 is 10.6 Å². The molecule has 2 aromatic rings. The Morgan fingerprint density at radius 2 is 1.65 bits per heavy atom. The smallest absolute Gasteiger partial charge is 0.247 e. The zero-order valence-electron chi connectivity index (χ0n) is 18.4. The number of aromatic nitrogens is 2. The van der Waals surface area contributed by atoms with Gasteiger partial charge in [-0.25, -0.2) is 0 Å². The molecule has 0 radical (unpaired) electrons. The molecule has 3 fully saturated rings. The average Bonchev–Trinajstić information content (AvgIpc) is 3.62. The SMILES string of the molecule is Cc1n[nH]c(C)c1-c1ccc(NC(=O)[C@@H](NC(=O)C2CCC2)C(C2CC2)C2CC2)cc1. The minimum atomic E-state index is -0.425. The van der Waals surface area contributed by atoms with E-state index in [9.17, 15) is 9.59 Å². The predicted molar refractivity (Wildman–Crippen MR) is 120 cm³/mol. The third kappa shape index (κ3) is 4.25. The maximum absolute atomic E-state index is 13.4. The van der Waals surface area contributed by atoms with Crippen molar-refractivity contribution >= 4 is 17.5 Å². The van der Waals surface area contributed by atoms with Crippen LogP contribution in [-0.4, -0.2) is 28.1 Å². The number of nitrogens with zero attached hydrogens (tertiary/aromatic N) is 1. The summed E-state index contributed by atoms with van der Waals surface area (Å²) in [5.41, 5.74) is 4.94. The second-order valence-electron chi connectivity index (χ2n) is 9.74. The number of carbonyl (C=O) groups is 2. The highest BCUT2D eigenvalue weighted by Gasteiger charge is 2.48. The summed E-state index contributed by atoms with van der Waals surface area (Å²) in [6.45, 7) is 4.00. The van der Waals surface area contributed by atoms with Crippen LogP contribution in [0.5, 0.6) is 0 Å². The number of aryl methyl sites for hydroxylation is 2. The van der Waals surface area contributed by atoms with Gasteiger partial charge < -0.3 is 10.6 Å². The molecule has 0 saturated heterocycles. The van der Waals surface area contributed by atoms with E-state index in [4.69, 9.17) is 0 Å². The largest absolute Gasteiger partial charge is 0.344 e. The number of nitrogens with one attached hydrogen (secondary N) is 3. The zero-order valence-corrected chi connectivity index (χ0v) is 18.4. The predicted octanol–water partition coefficient (Wildman–Crippen LogP) is 4.35. The molecule has 1 heterocycles. The molecule has 164 valence electrons. The lowest BCUT2D eigenvalue weighted by Gasteiger charge is -2.31. The number of anilines is 1. The van der Waals surface area contributed by atoms with Gasteiger partial charge in [-0.05, 0) is 87.8 Å². The van der Waals surface area contributed by atoms with Gasteiger partial charge in [-0.15, -0.1) is 0 Å². The van der Waals surface area contributed by atoms with E-state index in [2.05, 4.69) is 20.8 Å². The van der Waals surface area contributed by atoms with Crippen LogP contribution >= 0.6 is 0 Å². The van der Waals surface area contributed by atoms with Crippen LogP contribution in [0.2, 0.25) is 0 Å². The molecule has 1 aromatic carbocycles. The van der Waals surface area contributed by atoms with Crippen molar-refractivity contribution in [2.24, 2.45) is 23.7 Å². The van der Waals surface area contributed by atoms with E-state index < -0.39 is 6.04 Å².